The number of carbonyl (C=O) groups excluding carboxylic acids is 1. The lowest BCUT2D eigenvalue weighted by atomic mass is 9.35. The summed E-state index contributed by atoms with van der Waals surface area (Å²) in [6.07, 6.45) is 11.9. The third-order valence-corrected chi connectivity index (χ3v) is 13.5. The number of esters is 1. The molecule has 0 aromatic carbocycles. The van der Waals surface area contributed by atoms with E-state index in [9.17, 15) is 9.90 Å². The first-order valence-corrected chi connectivity index (χ1v) is 15.1. The Labute approximate surface area is 220 Å². The zero-order valence-corrected chi connectivity index (χ0v) is 24.7. The van der Waals surface area contributed by atoms with E-state index in [1.165, 1.54) is 44.9 Å². The largest absolute Gasteiger partial charge is 0.462 e. The second-order valence-corrected chi connectivity index (χ2v) is 15.9. The standard InChI is InChI=1S/C32H54O4/c1-20(33)35-25-14-16-29(6)23(27(25,2)3)13-18-31(8)24(29)11-10-21-22(12-17-30(21,31)7)32(9)19-15-26(36-32)28(4,5)34/h21-26,34H,10-19H2,1-9H3/t21-,22-,23+,24-,25+,26+,29+,30-,31-,32-/m1/s1. The maximum atomic E-state index is 11.9. The molecule has 5 rings (SSSR count). The first-order valence-electron chi connectivity index (χ1n) is 15.1. The highest BCUT2D eigenvalue weighted by Crippen LogP contribution is 2.76. The molecule has 0 spiro atoms. The predicted octanol–water partition coefficient (Wildman–Crippen LogP) is 7.31. The fourth-order valence-corrected chi connectivity index (χ4v) is 11.5. The zero-order chi connectivity index (χ0) is 26.5. The smallest absolute Gasteiger partial charge is 0.302 e. The van der Waals surface area contributed by atoms with Crippen LogP contribution in [0.5, 0.6) is 0 Å². The van der Waals surface area contributed by atoms with Gasteiger partial charge in [-0.3, -0.25) is 4.79 Å². The molecule has 0 unspecified atom stereocenters. The van der Waals surface area contributed by atoms with Crippen molar-refractivity contribution in [3.05, 3.63) is 0 Å². The minimum absolute atomic E-state index is 0.0211. The maximum Gasteiger partial charge on any atom is 0.302 e. The lowest BCUT2D eigenvalue weighted by molar-refractivity contribution is -0.231. The second-order valence-electron chi connectivity index (χ2n) is 15.9. The molecule has 4 aliphatic carbocycles. The van der Waals surface area contributed by atoms with Crippen LogP contribution in [0.2, 0.25) is 0 Å². The molecule has 4 saturated carbocycles. The van der Waals surface area contributed by atoms with Crippen molar-refractivity contribution in [2.75, 3.05) is 0 Å². The zero-order valence-electron chi connectivity index (χ0n) is 24.7. The number of ether oxygens (including phenoxy) is 2. The van der Waals surface area contributed by atoms with Gasteiger partial charge in [0.25, 0.3) is 0 Å². The van der Waals surface area contributed by atoms with Crippen LogP contribution in [-0.4, -0.2) is 34.5 Å². The van der Waals surface area contributed by atoms with Gasteiger partial charge in [-0.15, -0.1) is 0 Å². The molecule has 1 aliphatic heterocycles. The van der Waals surface area contributed by atoms with E-state index in [-0.39, 0.29) is 29.2 Å². The van der Waals surface area contributed by atoms with E-state index in [0.717, 1.165) is 25.2 Å². The van der Waals surface area contributed by atoms with Crippen molar-refractivity contribution in [3.63, 3.8) is 0 Å². The lowest BCUT2D eigenvalue weighted by Gasteiger charge is -2.70. The van der Waals surface area contributed by atoms with Crippen molar-refractivity contribution in [2.24, 2.45) is 45.3 Å². The second kappa shape index (κ2) is 8.20. The summed E-state index contributed by atoms with van der Waals surface area (Å²) in [5.41, 5.74) is 0.122. The van der Waals surface area contributed by atoms with Gasteiger partial charge in [0.2, 0.25) is 0 Å². The van der Waals surface area contributed by atoms with E-state index in [2.05, 4.69) is 41.5 Å². The Kier molecular flexibility index (Phi) is 6.14. The van der Waals surface area contributed by atoms with Crippen LogP contribution < -0.4 is 0 Å². The Morgan fingerprint density at radius 1 is 0.806 bits per heavy atom. The number of fused-ring (bicyclic) bond motifs is 5. The van der Waals surface area contributed by atoms with Gasteiger partial charge in [0.1, 0.15) is 6.10 Å². The summed E-state index contributed by atoms with van der Waals surface area (Å²) < 4.78 is 12.6. The van der Waals surface area contributed by atoms with E-state index in [0.29, 0.717) is 34.0 Å². The molecule has 1 saturated heterocycles. The van der Waals surface area contributed by atoms with Gasteiger partial charge in [0, 0.05) is 12.3 Å². The first-order chi connectivity index (χ1) is 16.5. The molecular formula is C32H54O4. The molecule has 0 amide bonds. The van der Waals surface area contributed by atoms with Gasteiger partial charge in [-0.2, -0.15) is 0 Å². The van der Waals surface area contributed by atoms with Crippen LogP contribution in [0, 0.1) is 45.3 Å². The van der Waals surface area contributed by atoms with Gasteiger partial charge < -0.3 is 14.6 Å². The molecule has 5 fully saturated rings. The summed E-state index contributed by atoms with van der Waals surface area (Å²) in [6, 6.07) is 0. The Morgan fingerprint density at radius 3 is 2.08 bits per heavy atom. The topological polar surface area (TPSA) is 55.8 Å². The minimum atomic E-state index is -0.770. The summed E-state index contributed by atoms with van der Waals surface area (Å²) in [6.45, 7) is 20.4. The molecule has 4 nitrogen and oxygen atoms in total. The molecule has 0 bridgehead atoms. The van der Waals surface area contributed by atoms with E-state index < -0.39 is 5.60 Å². The first kappa shape index (κ1) is 27.0. The summed E-state index contributed by atoms with van der Waals surface area (Å²) in [5, 5.41) is 10.7. The molecule has 206 valence electrons. The number of aliphatic hydroxyl groups is 1. The summed E-state index contributed by atoms with van der Waals surface area (Å²) >= 11 is 0. The fourth-order valence-electron chi connectivity index (χ4n) is 11.5. The molecular weight excluding hydrogens is 448 g/mol. The molecule has 1 heterocycles. The Hall–Kier alpha value is -0.610. The molecule has 0 aromatic heterocycles. The molecule has 0 radical (unpaired) electrons. The Bertz CT molecular complexity index is 889. The van der Waals surface area contributed by atoms with E-state index in [1.807, 2.05) is 13.8 Å². The molecule has 5 aliphatic rings. The highest BCUT2D eigenvalue weighted by molar-refractivity contribution is 5.66. The van der Waals surface area contributed by atoms with E-state index >= 15 is 0 Å². The third kappa shape index (κ3) is 3.62. The van der Waals surface area contributed by atoms with Gasteiger partial charge >= 0.3 is 5.97 Å². The van der Waals surface area contributed by atoms with Crippen molar-refractivity contribution >= 4 is 5.97 Å². The molecule has 10 atom stereocenters. The summed E-state index contributed by atoms with van der Waals surface area (Å²) in [7, 11) is 0. The minimum Gasteiger partial charge on any atom is -0.462 e. The van der Waals surface area contributed by atoms with Crippen molar-refractivity contribution < 1.29 is 19.4 Å². The average Bonchev–Trinajstić information content (AvgIpc) is 3.32. The van der Waals surface area contributed by atoms with Crippen LogP contribution >= 0.6 is 0 Å². The quantitative estimate of drug-likeness (QED) is 0.411. The average molecular weight is 503 g/mol. The van der Waals surface area contributed by atoms with Crippen molar-refractivity contribution in [2.45, 2.75) is 150 Å². The summed E-state index contributed by atoms with van der Waals surface area (Å²) in [4.78, 5) is 11.9. The number of carbonyl (C=O) groups is 1. The van der Waals surface area contributed by atoms with Crippen LogP contribution in [0.25, 0.3) is 0 Å². The van der Waals surface area contributed by atoms with Crippen molar-refractivity contribution in [1.82, 2.24) is 0 Å². The van der Waals surface area contributed by atoms with Crippen LogP contribution in [0.15, 0.2) is 0 Å². The van der Waals surface area contributed by atoms with Gasteiger partial charge in [-0.1, -0.05) is 34.6 Å². The monoisotopic (exact) mass is 502 g/mol. The Balaban J connectivity index is 1.42. The highest BCUT2D eigenvalue weighted by Gasteiger charge is 2.70. The fraction of sp³-hybridized carbons (Fsp3) is 0.969. The van der Waals surface area contributed by atoms with Crippen molar-refractivity contribution in [1.29, 1.82) is 0 Å². The Morgan fingerprint density at radius 2 is 1.47 bits per heavy atom. The molecule has 4 heteroatoms. The predicted molar refractivity (Wildman–Crippen MR) is 143 cm³/mol. The molecule has 36 heavy (non-hydrogen) atoms. The van der Waals surface area contributed by atoms with Gasteiger partial charge in [0.15, 0.2) is 0 Å². The highest BCUT2D eigenvalue weighted by atomic mass is 16.5. The SMILES string of the molecule is CC(=O)O[C@H]1CC[C@]2(C)[C@H]3CC[C@@H]4[C@H]([C@@]5(C)CC[C@@H](C(C)(C)O)O5)CC[C@@]4(C)[C@]3(C)CC[C@H]2C1(C)C. The maximum absolute atomic E-state index is 11.9. The van der Waals surface area contributed by atoms with Gasteiger partial charge in [-0.25, -0.2) is 0 Å². The van der Waals surface area contributed by atoms with Crippen LogP contribution in [0.3, 0.4) is 0 Å². The summed E-state index contributed by atoms with van der Waals surface area (Å²) in [5.74, 6) is 2.49. The number of hydrogen-bond acceptors (Lipinski definition) is 4. The van der Waals surface area contributed by atoms with E-state index in [1.54, 1.807) is 6.92 Å². The molecule has 1 N–H and O–H groups in total. The molecule has 0 aromatic rings. The van der Waals surface area contributed by atoms with Crippen LogP contribution in [0.4, 0.5) is 0 Å². The van der Waals surface area contributed by atoms with Crippen molar-refractivity contribution in [3.8, 4) is 0 Å². The van der Waals surface area contributed by atoms with Gasteiger partial charge in [0.05, 0.1) is 17.3 Å². The van der Waals surface area contributed by atoms with Gasteiger partial charge in [-0.05, 0) is 125 Å². The van der Waals surface area contributed by atoms with Crippen LogP contribution in [0.1, 0.15) is 127 Å². The number of rotatable bonds is 3. The lowest BCUT2D eigenvalue weighted by Crippen LogP contribution is -2.64. The normalized spacial score (nSPS) is 52.3. The van der Waals surface area contributed by atoms with E-state index in [4.69, 9.17) is 9.47 Å². The van der Waals surface area contributed by atoms with Crippen LogP contribution in [-0.2, 0) is 14.3 Å². The third-order valence-electron chi connectivity index (χ3n) is 13.5. The number of hydrogen-bond donors (Lipinski definition) is 1.